The third-order valence-corrected chi connectivity index (χ3v) is 19.7. The molecule has 722 valence electrons. The van der Waals surface area contributed by atoms with Gasteiger partial charge in [0.25, 0.3) is 23.2 Å². The van der Waals surface area contributed by atoms with Gasteiger partial charge in [0, 0.05) is 157 Å². The molecule has 0 bridgehead atoms. The number of hydrogen-bond donors (Lipinski definition) is 7. The standard InChI is InChI=1S/C18H14F3N5O2.C14H9BrF3N3O2.C10H17BN2O2.C7H6BF3O3.C7H6BrN3O.C6H7BrClN3.C5HBrCl2N2O2.CH5N.CH2O2.6CH4.2CH3.ClH.2V/c1-24-10-22-15-16(24)14(11-7-23-25(2)8-11)9-26(17(15)27)12-3-5-13(6-4-12)28-18(19,20)21;1-20-7-19-11-12(20)10(15)6-21(13(11)22)8-2-4-9(5-3-8)23-14(16,17)18;1-9(2)10(3,4)15-11(14-9)8-6-12-13(5)7-8;9-7(10,11)14-6-3-1-5(2-4-6)8(12)13;1-11-3-10-5-6(11)4(8)2-9-7(5)12;1-10-5-3(7)2-11-6(8)4(5)9;6-2-1-9-5(8)4(3(2)7)10(11)12;1-2;2-1-3;;;;;;;;;;;/h3-10H,1-2H3;2-7H,1H3;6-7H,1-5H3;1-4,12-13H;2-3H,1H3,(H,9,12);2H,9H2,1H3,(H,10,11);1H;2H2,1H3;1H,(H,2,3);6*1H4;2*1H3;1H;;/q;;;;;;;;;;;;;;;2*-1;;;. The number of aromatic amines is 1. The molecule has 0 unspecified atom stereocenters. The molecule has 0 aliphatic carbocycles. The first kappa shape index (κ1) is 133. The SMILES string of the molecule is C.C.C.C.C.C.CN.CNc1c(Br)cnc(Cl)c1N.Cl.Cn1cc(-c2cn(-c3ccc(OC(F)(F)F)cc3)c(=O)c3ncn(C)c23)cn1.Cn1cc(B2OC(C)(C)C(C)(C)O2)cn1.Cn1cnc2c(=O)[nH]cc(Br)c21.Cn1cnc2c(=O)n(-c3ccc(OC(F)(F)F)cc3)cc(Br)c21.O=CO.O=[N+]([O-])c1c(Cl)ncc(Br)c1Cl.OB(O)c1ccc(OC(F)(F)F)cc1.[CH3-].[CH3-].[V].[V]. The molecule has 1 aliphatic rings. The molecule has 14 rings (SSSR count). The summed E-state index contributed by atoms with van der Waals surface area (Å²) in [6, 6.07) is 14.4. The maximum Gasteiger partial charge on any atom is 0.573 e. The maximum absolute atomic E-state index is 12.9. The van der Waals surface area contributed by atoms with Gasteiger partial charge in [0.2, 0.25) is 5.15 Å². The second-order valence-electron chi connectivity index (χ2n) is 24.9. The van der Waals surface area contributed by atoms with Crippen molar-refractivity contribution >= 4 is 193 Å². The van der Waals surface area contributed by atoms with E-state index in [0.29, 0.717) is 47.7 Å². The molecule has 0 saturated carbocycles. The van der Waals surface area contributed by atoms with Crippen LogP contribution in [0.15, 0.2) is 180 Å². The Morgan fingerprint density at radius 3 is 1.32 bits per heavy atom. The Kier molecular flexibility index (Phi) is 58.4. The number of aromatic nitrogens is 15. The molecule has 13 aromatic rings. The molecule has 33 nitrogen and oxygen atoms in total. The van der Waals surface area contributed by atoms with E-state index in [9.17, 15) is 64.0 Å². The van der Waals surface area contributed by atoms with Crippen LogP contribution in [0.3, 0.4) is 0 Å². The minimum atomic E-state index is -4.78. The third kappa shape index (κ3) is 36.4. The smallest absolute Gasteiger partial charge is 0.483 e. The monoisotopic (exact) mass is 2260 g/mol. The summed E-state index contributed by atoms with van der Waals surface area (Å²) >= 11 is 29.7. The number of imidazole rings is 3. The molecule has 1 aliphatic heterocycles. The van der Waals surface area contributed by atoms with E-state index in [0.717, 1.165) is 85.3 Å². The molecule has 0 spiro atoms. The minimum absolute atomic E-state index is 0. The van der Waals surface area contributed by atoms with Gasteiger partial charge >= 0.3 is 39.0 Å². The van der Waals surface area contributed by atoms with Gasteiger partial charge in [0.05, 0.1) is 87.1 Å². The Balaban J connectivity index is -0.000000348. The van der Waals surface area contributed by atoms with Crippen LogP contribution in [-0.4, -0.2) is 157 Å². The Bertz CT molecular complexity index is 5890. The molecule has 10 aromatic heterocycles. The van der Waals surface area contributed by atoms with Crippen LogP contribution in [0.1, 0.15) is 72.3 Å². The zero-order valence-electron chi connectivity index (χ0n) is 67.1. The second-order valence-corrected chi connectivity index (χ2v) is 29.4. The first-order valence-electron chi connectivity index (χ1n) is 33.3. The summed E-state index contributed by atoms with van der Waals surface area (Å²) in [7, 11) is 10.3. The van der Waals surface area contributed by atoms with Gasteiger partial charge in [-0.3, -0.25) is 47.8 Å². The van der Waals surface area contributed by atoms with Gasteiger partial charge in [0.1, 0.15) is 22.3 Å². The number of pyridine rings is 5. The molecule has 2 radical (unpaired) electrons. The Morgan fingerprint density at radius 1 is 0.580 bits per heavy atom. The number of benzene rings is 3. The molecule has 9 N–H and O–H groups in total. The fraction of sp³-hybridized carbons (Fsp3) is 0.286. The number of nitrogens with zero attached hydrogens (tertiary/aromatic N) is 15. The van der Waals surface area contributed by atoms with Gasteiger partial charge < -0.3 is 89.0 Å². The summed E-state index contributed by atoms with van der Waals surface area (Å²) in [6.07, 6.45) is 5.26. The topological polar surface area (TPSA) is 423 Å². The number of rotatable bonds is 10. The summed E-state index contributed by atoms with van der Waals surface area (Å²) in [5.74, 6) is -1.12. The molecule has 1 fully saturated rings. The molecular weight excluding hydrogens is 2170 g/mol. The zero-order valence-corrected chi connectivity index (χ0v) is 79.4. The number of ether oxygens (including phenoxy) is 3. The maximum atomic E-state index is 12.9. The van der Waals surface area contributed by atoms with Crippen LogP contribution < -0.4 is 58.6 Å². The predicted molar refractivity (Wildman–Crippen MR) is 506 cm³/mol. The minimum Gasteiger partial charge on any atom is -0.483 e. The van der Waals surface area contributed by atoms with Gasteiger partial charge in [-0.05, 0) is 165 Å². The van der Waals surface area contributed by atoms with E-state index in [2.05, 4.69) is 129 Å². The second kappa shape index (κ2) is 57.6. The number of hydrogen-bond acceptors (Lipinski definition) is 23. The number of H-pyrrole nitrogens is 1. The molecular formula is C77H98B2Br4Cl4F9N19O14V2-2. The zero-order chi connectivity index (χ0) is 90.0. The number of carbonyl (C=O) groups is 1. The Hall–Kier alpha value is -8.94. The normalized spacial score (nSPS) is 11.4. The van der Waals surface area contributed by atoms with Crippen LogP contribution in [0.25, 0.3) is 55.6 Å². The summed E-state index contributed by atoms with van der Waals surface area (Å²) in [6.45, 7) is 7.93. The Morgan fingerprint density at radius 2 is 0.954 bits per heavy atom. The van der Waals surface area contributed by atoms with Crippen LogP contribution in [0.2, 0.25) is 15.3 Å². The third-order valence-electron chi connectivity index (χ3n) is 16.1. The fourth-order valence-corrected chi connectivity index (χ4v) is 12.8. The molecule has 1 saturated heterocycles. The predicted octanol–water partition coefficient (Wildman–Crippen LogP) is 18.0. The summed E-state index contributed by atoms with van der Waals surface area (Å²) in [5, 5.41) is 45.8. The molecule has 3 aromatic carbocycles. The van der Waals surface area contributed by atoms with Gasteiger partial charge in [-0.1, -0.05) is 91.5 Å². The van der Waals surface area contributed by atoms with Crippen molar-refractivity contribution in [3.8, 4) is 39.8 Å². The average molecular weight is 2270 g/mol. The largest absolute Gasteiger partial charge is 0.573 e. The molecule has 11 heterocycles. The number of fused-ring (bicyclic) bond motifs is 3. The van der Waals surface area contributed by atoms with E-state index in [1.54, 1.807) is 101 Å². The summed E-state index contributed by atoms with van der Waals surface area (Å²) in [4.78, 5) is 76.8. The number of nitrogen functional groups attached to an aromatic ring is 1. The molecule has 0 atom stereocenters. The van der Waals surface area contributed by atoms with Crippen LogP contribution in [0.5, 0.6) is 17.2 Å². The van der Waals surface area contributed by atoms with Crippen molar-refractivity contribution in [2.75, 3.05) is 25.1 Å². The first-order chi connectivity index (χ1) is 56.0. The molecule has 0 amide bonds. The van der Waals surface area contributed by atoms with Crippen LogP contribution in [0.4, 0.5) is 56.6 Å². The van der Waals surface area contributed by atoms with Gasteiger partial charge in [-0.15, -0.1) is 51.9 Å². The fourth-order valence-electron chi connectivity index (χ4n) is 10.1. The summed E-state index contributed by atoms with van der Waals surface area (Å²) < 4.78 is 146. The van der Waals surface area contributed by atoms with Crippen molar-refractivity contribution in [1.29, 1.82) is 0 Å². The first-order valence-corrected chi connectivity index (χ1v) is 37.6. The van der Waals surface area contributed by atoms with Gasteiger partial charge in [-0.25, -0.2) is 24.9 Å². The van der Waals surface area contributed by atoms with Gasteiger partial charge in [-0.2, -0.15) is 10.2 Å². The van der Waals surface area contributed by atoms with Gasteiger partial charge in [0.15, 0.2) is 21.7 Å². The van der Waals surface area contributed by atoms with Crippen LogP contribution in [-0.2, 0) is 86.5 Å². The number of anilines is 2. The molecule has 131 heavy (non-hydrogen) atoms. The van der Waals surface area contributed by atoms with E-state index < -0.39 is 36.9 Å². The number of aryl methyl sites for hydroxylation is 5. The number of alkyl halides is 9. The van der Waals surface area contributed by atoms with E-state index in [1.165, 1.54) is 59.3 Å². The Labute approximate surface area is 828 Å². The average Bonchev–Trinajstić information content (AvgIpc) is 1.63. The number of nitrogens with two attached hydrogens (primary N) is 2. The number of halogens is 17. The van der Waals surface area contributed by atoms with E-state index in [4.69, 9.17) is 69.8 Å². The van der Waals surface area contributed by atoms with Crippen molar-refractivity contribution < 1.29 is 125 Å². The number of nitro groups is 1. The van der Waals surface area contributed by atoms with Crippen molar-refractivity contribution in [3.63, 3.8) is 0 Å². The van der Waals surface area contributed by atoms with Crippen molar-refractivity contribution in [2.45, 2.75) is 103 Å². The quantitative estimate of drug-likeness (QED) is 0.0127. The van der Waals surface area contributed by atoms with E-state index >= 15 is 0 Å². The van der Waals surface area contributed by atoms with Crippen LogP contribution >= 0.6 is 111 Å². The molecule has 54 heteroatoms. The number of carboxylic acid groups (broad SMARTS) is 1. The van der Waals surface area contributed by atoms with Crippen molar-refractivity contribution in [3.05, 3.63) is 237 Å². The van der Waals surface area contributed by atoms with E-state index in [1.807, 2.05) is 48.0 Å². The van der Waals surface area contributed by atoms with Crippen molar-refractivity contribution in [2.24, 2.45) is 41.0 Å². The van der Waals surface area contributed by atoms with E-state index in [-0.39, 0.29) is 194 Å². The number of nitrogens with one attached hydrogen (secondary N) is 2. The van der Waals surface area contributed by atoms with Crippen molar-refractivity contribution in [1.82, 2.24) is 72.3 Å². The summed E-state index contributed by atoms with van der Waals surface area (Å²) in [5.41, 5.74) is 15.9. The van der Waals surface area contributed by atoms with Crippen LogP contribution in [0, 0.1) is 25.0 Å².